The molecule has 0 radical (unpaired) electrons. The van der Waals surface area contributed by atoms with E-state index in [2.05, 4.69) is 16.8 Å². The van der Waals surface area contributed by atoms with Crippen LogP contribution < -0.4 is 0 Å². The van der Waals surface area contributed by atoms with Crippen molar-refractivity contribution in [2.75, 3.05) is 0 Å². The van der Waals surface area contributed by atoms with Crippen LogP contribution in [0.3, 0.4) is 0 Å². The average Bonchev–Trinajstić information content (AvgIpc) is 2.65. The lowest BCUT2D eigenvalue weighted by Gasteiger charge is -2.26. The number of hydrogen-bond donors (Lipinski definition) is 1. The molecule has 15 heavy (non-hydrogen) atoms. The highest BCUT2D eigenvalue weighted by Gasteiger charge is 2.27. The third-order valence-corrected chi connectivity index (χ3v) is 4.23. The van der Waals surface area contributed by atoms with E-state index < -0.39 is 0 Å². The van der Waals surface area contributed by atoms with Gasteiger partial charge in [-0.15, -0.1) is 0 Å². The second kappa shape index (κ2) is 5.13. The Morgan fingerprint density at radius 2 is 1.93 bits per heavy atom. The molecule has 2 heteroatoms. The fourth-order valence-electron chi connectivity index (χ4n) is 2.45. The summed E-state index contributed by atoms with van der Waals surface area (Å²) in [5.41, 5.74) is 1.02. The molecule has 1 aromatic rings. The summed E-state index contributed by atoms with van der Waals surface area (Å²) in [5, 5.41) is 14.8. The van der Waals surface area contributed by atoms with Crippen molar-refractivity contribution in [3.63, 3.8) is 0 Å². The molecule has 84 valence electrons. The number of aryl methyl sites for hydroxylation is 1. The topological polar surface area (TPSA) is 20.2 Å². The van der Waals surface area contributed by atoms with Crippen LogP contribution in [0.2, 0.25) is 0 Å². The van der Waals surface area contributed by atoms with E-state index in [1.54, 1.807) is 11.3 Å². The first-order valence-electron chi connectivity index (χ1n) is 6.02. The second-order valence-corrected chi connectivity index (χ2v) is 5.55. The Kier molecular flexibility index (Phi) is 3.81. The van der Waals surface area contributed by atoms with Gasteiger partial charge >= 0.3 is 0 Å². The molecule has 0 spiro atoms. The molecule has 0 aromatic carbocycles. The van der Waals surface area contributed by atoms with Gasteiger partial charge in [0.1, 0.15) is 0 Å². The Balaban J connectivity index is 1.86. The smallest absolute Gasteiger partial charge is 0.0651 e. The Morgan fingerprint density at radius 1 is 1.20 bits per heavy atom. The van der Waals surface area contributed by atoms with Crippen LogP contribution >= 0.6 is 11.3 Å². The molecule has 1 fully saturated rings. The van der Waals surface area contributed by atoms with Gasteiger partial charge < -0.3 is 5.11 Å². The Hall–Kier alpha value is -0.340. The van der Waals surface area contributed by atoms with Gasteiger partial charge in [-0.2, -0.15) is 11.3 Å². The number of hydrogen-bond acceptors (Lipinski definition) is 2. The van der Waals surface area contributed by atoms with Crippen molar-refractivity contribution < 1.29 is 5.11 Å². The van der Waals surface area contributed by atoms with Crippen molar-refractivity contribution >= 4 is 11.3 Å². The van der Waals surface area contributed by atoms with Crippen LogP contribution in [0.1, 0.15) is 50.5 Å². The minimum atomic E-state index is -0.363. The van der Waals surface area contributed by atoms with Gasteiger partial charge in [-0.3, -0.25) is 0 Å². The molecule has 0 aliphatic heterocycles. The van der Waals surface area contributed by atoms with E-state index in [0.29, 0.717) is 0 Å². The summed E-state index contributed by atoms with van der Waals surface area (Å²) in [6.07, 6.45) is 9.04. The van der Waals surface area contributed by atoms with Gasteiger partial charge in [0, 0.05) is 0 Å². The first kappa shape index (κ1) is 11.2. The van der Waals surface area contributed by atoms with Crippen LogP contribution in [0.5, 0.6) is 0 Å². The van der Waals surface area contributed by atoms with E-state index in [1.807, 2.05) is 0 Å². The van der Waals surface area contributed by atoms with Crippen molar-refractivity contribution in [2.24, 2.45) is 0 Å². The Labute approximate surface area is 96.1 Å². The Bertz CT molecular complexity index is 271. The van der Waals surface area contributed by atoms with E-state index in [9.17, 15) is 5.11 Å². The van der Waals surface area contributed by atoms with Gasteiger partial charge in [0.25, 0.3) is 0 Å². The maximum atomic E-state index is 10.5. The zero-order valence-corrected chi connectivity index (χ0v) is 10.1. The van der Waals surface area contributed by atoms with Crippen LogP contribution in [-0.4, -0.2) is 10.7 Å². The third-order valence-electron chi connectivity index (χ3n) is 3.49. The van der Waals surface area contributed by atoms with Gasteiger partial charge in [-0.05, 0) is 48.1 Å². The summed E-state index contributed by atoms with van der Waals surface area (Å²) in [6, 6.07) is 2.17. The zero-order valence-electron chi connectivity index (χ0n) is 9.24. The number of aliphatic hydroxyl groups is 1. The van der Waals surface area contributed by atoms with Crippen LogP contribution in [0.25, 0.3) is 0 Å². The largest absolute Gasteiger partial charge is 0.390 e. The molecule has 1 aromatic heterocycles. The van der Waals surface area contributed by atoms with E-state index in [0.717, 1.165) is 25.7 Å². The van der Waals surface area contributed by atoms with Crippen LogP contribution in [-0.2, 0) is 6.42 Å². The molecule has 0 saturated heterocycles. The SMILES string of the molecule is OC1(CCc2ccsc2)CCCCCC1. The molecule has 1 heterocycles. The lowest BCUT2D eigenvalue weighted by Crippen LogP contribution is -2.28. The van der Waals surface area contributed by atoms with Crippen LogP contribution in [0.4, 0.5) is 0 Å². The van der Waals surface area contributed by atoms with Crippen molar-refractivity contribution in [3.8, 4) is 0 Å². The minimum Gasteiger partial charge on any atom is -0.390 e. The first-order chi connectivity index (χ1) is 7.29. The standard InChI is InChI=1S/C13H20OS/c14-13(7-3-1-2-4-8-13)9-5-12-6-10-15-11-12/h6,10-11,14H,1-5,7-9H2. The number of thiophene rings is 1. The molecule has 2 rings (SSSR count). The van der Waals surface area contributed by atoms with E-state index >= 15 is 0 Å². The average molecular weight is 224 g/mol. The predicted molar refractivity (Wildman–Crippen MR) is 65.3 cm³/mol. The van der Waals surface area contributed by atoms with Crippen LogP contribution in [0.15, 0.2) is 16.8 Å². The van der Waals surface area contributed by atoms with Gasteiger partial charge in [-0.1, -0.05) is 25.7 Å². The second-order valence-electron chi connectivity index (χ2n) is 4.77. The molecule has 1 saturated carbocycles. The maximum Gasteiger partial charge on any atom is 0.0651 e. The van der Waals surface area contributed by atoms with E-state index in [-0.39, 0.29) is 5.60 Å². The first-order valence-corrected chi connectivity index (χ1v) is 6.96. The van der Waals surface area contributed by atoms with E-state index in [1.165, 1.54) is 31.2 Å². The van der Waals surface area contributed by atoms with Gasteiger partial charge in [0.2, 0.25) is 0 Å². The van der Waals surface area contributed by atoms with Crippen molar-refractivity contribution in [1.82, 2.24) is 0 Å². The molecule has 0 amide bonds. The molecular formula is C13H20OS. The molecule has 0 atom stereocenters. The quantitative estimate of drug-likeness (QED) is 0.775. The summed E-state index contributed by atoms with van der Waals surface area (Å²) in [7, 11) is 0. The lowest BCUT2D eigenvalue weighted by atomic mass is 9.88. The van der Waals surface area contributed by atoms with Gasteiger partial charge in [0.15, 0.2) is 0 Å². The van der Waals surface area contributed by atoms with Crippen LogP contribution in [0, 0.1) is 0 Å². The summed E-state index contributed by atoms with van der Waals surface area (Å²) < 4.78 is 0. The molecule has 0 bridgehead atoms. The Morgan fingerprint density at radius 3 is 2.53 bits per heavy atom. The fraction of sp³-hybridized carbons (Fsp3) is 0.692. The molecule has 1 nitrogen and oxygen atoms in total. The predicted octanol–water partition coefficient (Wildman–Crippen LogP) is 3.77. The van der Waals surface area contributed by atoms with Crippen molar-refractivity contribution in [2.45, 2.75) is 57.0 Å². The normalized spacial score (nSPS) is 21.1. The monoisotopic (exact) mass is 224 g/mol. The highest BCUT2D eigenvalue weighted by atomic mass is 32.1. The van der Waals surface area contributed by atoms with Crippen molar-refractivity contribution in [3.05, 3.63) is 22.4 Å². The third kappa shape index (κ3) is 3.32. The summed E-state index contributed by atoms with van der Waals surface area (Å²) in [5.74, 6) is 0. The highest BCUT2D eigenvalue weighted by Crippen LogP contribution is 2.31. The lowest BCUT2D eigenvalue weighted by molar-refractivity contribution is 0.0167. The summed E-state index contributed by atoms with van der Waals surface area (Å²) >= 11 is 1.75. The van der Waals surface area contributed by atoms with Gasteiger partial charge in [0.05, 0.1) is 5.60 Å². The molecule has 1 aliphatic carbocycles. The van der Waals surface area contributed by atoms with Gasteiger partial charge in [-0.25, -0.2) is 0 Å². The van der Waals surface area contributed by atoms with Crippen molar-refractivity contribution in [1.29, 1.82) is 0 Å². The molecule has 1 N–H and O–H groups in total. The fourth-order valence-corrected chi connectivity index (χ4v) is 3.15. The molecule has 1 aliphatic rings. The zero-order chi connectivity index (χ0) is 10.6. The van der Waals surface area contributed by atoms with E-state index in [4.69, 9.17) is 0 Å². The molecule has 0 unspecified atom stereocenters. The maximum absolute atomic E-state index is 10.5. The highest BCUT2D eigenvalue weighted by molar-refractivity contribution is 7.07. The minimum absolute atomic E-state index is 0.363. The number of rotatable bonds is 3. The summed E-state index contributed by atoms with van der Waals surface area (Å²) in [6.45, 7) is 0. The summed E-state index contributed by atoms with van der Waals surface area (Å²) in [4.78, 5) is 0. The molecular weight excluding hydrogens is 204 g/mol.